The summed E-state index contributed by atoms with van der Waals surface area (Å²) in [6.45, 7) is 25.1. The third-order valence-electron chi connectivity index (χ3n) is 11.8. The minimum atomic E-state index is -0.633. The van der Waals surface area contributed by atoms with E-state index in [0.717, 1.165) is 64.2 Å². The van der Waals surface area contributed by atoms with E-state index in [-0.39, 0.29) is 83.2 Å². The van der Waals surface area contributed by atoms with Crippen molar-refractivity contribution in [3.05, 3.63) is 20.8 Å². The molecule has 0 fully saturated rings. The van der Waals surface area contributed by atoms with Crippen LogP contribution in [0.4, 0.5) is 0 Å². The summed E-state index contributed by atoms with van der Waals surface area (Å²) in [7, 11) is 0. The normalized spacial score (nSPS) is 12.2. The van der Waals surface area contributed by atoms with Crippen molar-refractivity contribution in [1.82, 2.24) is 0 Å². The number of esters is 6. The zero-order chi connectivity index (χ0) is 52.3. The predicted molar refractivity (Wildman–Crippen MR) is 274 cm³/mol. The van der Waals surface area contributed by atoms with Crippen molar-refractivity contribution in [2.45, 2.75) is 235 Å². The van der Waals surface area contributed by atoms with E-state index in [1.54, 1.807) is 0 Å². The molecule has 4 unspecified atom stereocenters. The van der Waals surface area contributed by atoms with E-state index < -0.39 is 35.8 Å². The van der Waals surface area contributed by atoms with Crippen molar-refractivity contribution in [3.63, 3.8) is 0 Å². The molecule has 0 radical (unpaired) electrons. The van der Waals surface area contributed by atoms with Crippen LogP contribution in [-0.4, -0.2) is 81.2 Å². The Kier molecular flexibility index (Phi) is 57.7. The van der Waals surface area contributed by atoms with Gasteiger partial charge in [-0.1, -0.05) is 170 Å². The Bertz CT molecular complexity index is 1250. The fourth-order valence-corrected chi connectivity index (χ4v) is 7.14. The van der Waals surface area contributed by atoms with Crippen LogP contribution in [0, 0.1) is 44.4 Å². The topological polar surface area (TPSA) is 175 Å². The van der Waals surface area contributed by atoms with Gasteiger partial charge < -0.3 is 28.4 Å². The van der Waals surface area contributed by atoms with Crippen LogP contribution in [0.1, 0.15) is 235 Å². The zero-order valence-electron chi connectivity index (χ0n) is 45.4. The van der Waals surface area contributed by atoms with Crippen LogP contribution in [0.3, 0.4) is 0 Å². The van der Waals surface area contributed by atoms with Gasteiger partial charge >= 0.3 is 17.9 Å². The average Bonchev–Trinajstić information content (AvgIpc) is 3.30. The zero-order valence-corrected chi connectivity index (χ0v) is 48.3. The number of hydrogen-bond donors (Lipinski definition) is 0. The maximum Gasteiger partial charge on any atom is 0.306 e. The number of hydrogen-bond acceptors (Lipinski definition) is 13. The average molecular weight is 1170 g/mol. The molecule has 0 aromatic heterocycles. The SMILES string of the molecule is [CH2-]C(=O)OCC(CCC(C)COC(=O)CC(COC(=O)CCCCCCCC)CC(=O)OCCCCCCCC)C(C)C(C)=O.[CH2-]C(=O)OCCCCCCCC.[CH2-]C(=O)OCCCCCCCC.[W]. The van der Waals surface area contributed by atoms with Crippen LogP contribution in [0.5, 0.6) is 0 Å². The molecule has 4 atom stereocenters. The number of ketones is 1. The van der Waals surface area contributed by atoms with E-state index in [2.05, 4.69) is 48.5 Å². The van der Waals surface area contributed by atoms with Crippen molar-refractivity contribution >= 4 is 41.6 Å². The first-order valence-corrected chi connectivity index (χ1v) is 27.0. The monoisotopic (exact) mass is 1170 g/mol. The molecule has 0 saturated carbocycles. The molecule has 70 heavy (non-hydrogen) atoms. The molecule has 0 saturated heterocycles. The van der Waals surface area contributed by atoms with Gasteiger partial charge in [0.2, 0.25) is 0 Å². The summed E-state index contributed by atoms with van der Waals surface area (Å²) in [6.07, 6.45) is 28.9. The van der Waals surface area contributed by atoms with Gasteiger partial charge in [0.05, 0.1) is 52.5 Å². The molecule has 412 valence electrons. The van der Waals surface area contributed by atoms with Gasteiger partial charge in [-0.25, -0.2) is 0 Å². The Morgan fingerprint density at radius 3 is 1.16 bits per heavy atom. The molecule has 0 aliphatic carbocycles. The number of unbranched alkanes of at least 4 members (excludes halogenated alkanes) is 20. The van der Waals surface area contributed by atoms with Crippen molar-refractivity contribution in [2.75, 3.05) is 39.6 Å². The van der Waals surface area contributed by atoms with Crippen LogP contribution in [0.25, 0.3) is 0 Å². The summed E-state index contributed by atoms with van der Waals surface area (Å²) in [6, 6.07) is 0. The Labute approximate surface area is 441 Å². The summed E-state index contributed by atoms with van der Waals surface area (Å²) in [5.74, 6) is -3.59. The summed E-state index contributed by atoms with van der Waals surface area (Å²) in [5.41, 5.74) is 0. The largest absolute Gasteiger partial charge is 0.488 e. The number of ether oxygens (including phenoxy) is 6. The van der Waals surface area contributed by atoms with Crippen molar-refractivity contribution in [1.29, 1.82) is 0 Å². The molecular formula is C56H101O13W-3. The molecule has 0 amide bonds. The Hall–Kier alpha value is -3.21. The maximum atomic E-state index is 12.8. The van der Waals surface area contributed by atoms with Gasteiger partial charge in [0.1, 0.15) is 5.78 Å². The minimum absolute atomic E-state index is 0. The fourth-order valence-electron chi connectivity index (χ4n) is 7.14. The van der Waals surface area contributed by atoms with Crippen molar-refractivity contribution in [3.8, 4) is 0 Å². The van der Waals surface area contributed by atoms with E-state index in [1.165, 1.54) is 96.8 Å². The van der Waals surface area contributed by atoms with E-state index in [0.29, 0.717) is 39.1 Å². The number of Topliss-reactive ketones (excluding diaryl/α,β-unsaturated/α-hetero) is 1. The van der Waals surface area contributed by atoms with Crippen LogP contribution in [-0.2, 0) is 83.0 Å². The van der Waals surface area contributed by atoms with Crippen LogP contribution < -0.4 is 0 Å². The van der Waals surface area contributed by atoms with Crippen LogP contribution in [0.2, 0.25) is 0 Å². The van der Waals surface area contributed by atoms with Gasteiger partial charge in [-0.05, 0) is 51.4 Å². The second-order valence-corrected chi connectivity index (χ2v) is 18.6. The second kappa shape index (κ2) is 55.1. The Morgan fingerprint density at radius 1 is 0.400 bits per heavy atom. The first-order chi connectivity index (χ1) is 33.0. The smallest absolute Gasteiger partial charge is 0.306 e. The summed E-state index contributed by atoms with van der Waals surface area (Å²) < 4.78 is 30.8. The van der Waals surface area contributed by atoms with Gasteiger partial charge in [0.15, 0.2) is 17.9 Å². The quantitative estimate of drug-likeness (QED) is 0.0244. The van der Waals surface area contributed by atoms with Gasteiger partial charge in [0.25, 0.3) is 0 Å². The standard InChI is InChI=1S/C36H63O9.2C10H19O2.W/c1-7-9-11-13-15-17-19-34(39)45-26-32(23-35(40)42-22-18-16-14-12-10-8-2)24-36(41)44-25-28(3)20-21-33(27-43-31(6)38)29(4)30(5)37;2*1-3-4-5-6-7-8-9-12-10(2)11;/h28-29,32-33H,6-27H2,1-5H3;2*2-9H2,1H3;/q3*-1;. The second-order valence-electron chi connectivity index (χ2n) is 18.6. The number of carbonyl (C=O) groups is 7. The molecule has 0 aromatic carbocycles. The number of carbonyl (C=O) groups excluding carboxylic acids is 7. The molecule has 14 heteroatoms. The fraction of sp³-hybridized carbons (Fsp3) is 0.821. The van der Waals surface area contributed by atoms with E-state index >= 15 is 0 Å². The molecule has 0 aromatic rings. The number of rotatable bonds is 43. The first kappa shape index (κ1) is 73.3. The first-order valence-electron chi connectivity index (χ1n) is 27.0. The van der Waals surface area contributed by atoms with Crippen LogP contribution in [0.15, 0.2) is 0 Å². The molecule has 0 rings (SSSR count). The maximum absolute atomic E-state index is 12.8. The van der Waals surface area contributed by atoms with E-state index in [1.807, 2.05) is 13.8 Å². The Morgan fingerprint density at radius 2 is 0.757 bits per heavy atom. The molecule has 0 heterocycles. The van der Waals surface area contributed by atoms with E-state index in [4.69, 9.17) is 28.4 Å². The third kappa shape index (κ3) is 57.4. The van der Waals surface area contributed by atoms with Crippen molar-refractivity contribution in [2.24, 2.45) is 23.7 Å². The minimum Gasteiger partial charge on any atom is -0.488 e. The van der Waals surface area contributed by atoms with Gasteiger partial charge in [-0.2, -0.15) is 0 Å². The molecule has 13 nitrogen and oxygen atoms in total. The Balaban J connectivity index is -0.000000706. The van der Waals surface area contributed by atoms with Gasteiger partial charge in [-0.3, -0.25) is 54.3 Å². The third-order valence-corrected chi connectivity index (χ3v) is 11.8. The predicted octanol–water partition coefficient (Wildman–Crippen LogP) is 13.2. The summed E-state index contributed by atoms with van der Waals surface area (Å²) in [5, 5.41) is 0. The molecule has 0 bridgehead atoms. The molecule has 0 aliphatic heterocycles. The van der Waals surface area contributed by atoms with Gasteiger partial charge in [0, 0.05) is 45.2 Å². The molecule has 0 aliphatic rings. The van der Waals surface area contributed by atoms with Gasteiger partial charge in [-0.15, -0.1) is 0 Å². The molecule has 0 spiro atoms. The molecule has 0 N–H and O–H groups in total. The molecular weight excluding hydrogens is 1060 g/mol. The summed E-state index contributed by atoms with van der Waals surface area (Å²) in [4.78, 5) is 81.2. The summed E-state index contributed by atoms with van der Waals surface area (Å²) >= 11 is 0. The van der Waals surface area contributed by atoms with E-state index in [9.17, 15) is 33.6 Å². The van der Waals surface area contributed by atoms with Crippen molar-refractivity contribution < 1.29 is 83.0 Å². The van der Waals surface area contributed by atoms with Crippen LogP contribution >= 0.6 is 0 Å².